The van der Waals surface area contributed by atoms with Crippen LogP contribution in [0.4, 0.5) is 11.4 Å². The summed E-state index contributed by atoms with van der Waals surface area (Å²) in [5.41, 5.74) is 7.52. The summed E-state index contributed by atoms with van der Waals surface area (Å²) in [7, 11) is 0. The molecule has 3 heteroatoms. The molecule has 0 aliphatic carbocycles. The van der Waals surface area contributed by atoms with Crippen molar-refractivity contribution in [2.75, 3.05) is 17.6 Å². The van der Waals surface area contributed by atoms with Crippen LogP contribution in [0, 0.1) is 11.3 Å². The highest BCUT2D eigenvalue weighted by Crippen LogP contribution is 2.16. The van der Waals surface area contributed by atoms with Crippen LogP contribution in [0.1, 0.15) is 5.56 Å². The lowest BCUT2D eigenvalue weighted by Gasteiger charge is -2.04. The van der Waals surface area contributed by atoms with Crippen LogP contribution in [0.15, 0.2) is 30.9 Å². The van der Waals surface area contributed by atoms with E-state index in [9.17, 15) is 0 Å². The summed E-state index contributed by atoms with van der Waals surface area (Å²) in [6.07, 6.45) is 1.76. The molecule has 0 fully saturated rings. The predicted octanol–water partition coefficient (Wildman–Crippen LogP) is 1.74. The van der Waals surface area contributed by atoms with Crippen molar-refractivity contribution in [2.24, 2.45) is 0 Å². The summed E-state index contributed by atoms with van der Waals surface area (Å²) in [4.78, 5) is 0. The van der Waals surface area contributed by atoms with Crippen molar-refractivity contribution in [3.8, 4) is 6.07 Å². The molecule has 13 heavy (non-hydrogen) atoms. The van der Waals surface area contributed by atoms with E-state index in [-0.39, 0.29) is 0 Å². The molecule has 1 rings (SSSR count). The van der Waals surface area contributed by atoms with Gasteiger partial charge in [0.2, 0.25) is 0 Å². The van der Waals surface area contributed by atoms with Crippen LogP contribution in [0.25, 0.3) is 0 Å². The molecule has 0 heterocycles. The normalized spacial score (nSPS) is 8.85. The van der Waals surface area contributed by atoms with Gasteiger partial charge in [-0.15, -0.1) is 6.58 Å². The third kappa shape index (κ3) is 2.24. The largest absolute Gasteiger partial charge is 0.398 e. The Morgan fingerprint density at radius 1 is 1.62 bits per heavy atom. The molecule has 0 aliphatic rings. The average Bonchev–Trinajstić information content (AvgIpc) is 2.15. The number of nitrogens with two attached hydrogens (primary N) is 1. The van der Waals surface area contributed by atoms with Crippen LogP contribution in [-0.4, -0.2) is 6.54 Å². The Hall–Kier alpha value is -1.95. The van der Waals surface area contributed by atoms with Gasteiger partial charge in [0, 0.05) is 12.2 Å². The quantitative estimate of drug-likeness (QED) is 0.540. The van der Waals surface area contributed by atoms with Gasteiger partial charge in [-0.2, -0.15) is 5.26 Å². The summed E-state index contributed by atoms with van der Waals surface area (Å²) in [5.74, 6) is 0. The highest BCUT2D eigenvalue weighted by atomic mass is 14.9. The number of nitrogen functional groups attached to an aromatic ring is 1. The smallest absolute Gasteiger partial charge is 0.101 e. The highest BCUT2D eigenvalue weighted by Gasteiger charge is 1.97. The molecule has 0 atom stereocenters. The maximum absolute atomic E-state index is 8.62. The zero-order valence-electron chi connectivity index (χ0n) is 7.25. The van der Waals surface area contributed by atoms with Crippen LogP contribution in [0.3, 0.4) is 0 Å². The molecule has 0 radical (unpaired) electrons. The molecule has 0 saturated carbocycles. The van der Waals surface area contributed by atoms with Gasteiger partial charge in [0.25, 0.3) is 0 Å². The molecule has 3 N–H and O–H groups in total. The number of nitrogens with one attached hydrogen (secondary N) is 1. The average molecular weight is 173 g/mol. The van der Waals surface area contributed by atoms with E-state index in [4.69, 9.17) is 11.0 Å². The summed E-state index contributed by atoms with van der Waals surface area (Å²) in [5, 5.41) is 11.7. The SMILES string of the molecule is C=CCNc1ccc(C#N)c(N)c1. The summed E-state index contributed by atoms with van der Waals surface area (Å²) in [6.45, 7) is 4.27. The fraction of sp³-hybridized carbons (Fsp3) is 0.100. The molecule has 1 aromatic rings. The fourth-order valence-electron chi connectivity index (χ4n) is 0.965. The fourth-order valence-corrected chi connectivity index (χ4v) is 0.965. The molecule has 66 valence electrons. The number of hydrogen-bond donors (Lipinski definition) is 2. The van der Waals surface area contributed by atoms with Gasteiger partial charge in [-0.05, 0) is 18.2 Å². The maximum Gasteiger partial charge on any atom is 0.101 e. The Kier molecular flexibility index (Phi) is 2.93. The van der Waals surface area contributed by atoms with Gasteiger partial charge in [-0.3, -0.25) is 0 Å². The second kappa shape index (κ2) is 4.17. The number of hydrogen-bond acceptors (Lipinski definition) is 3. The summed E-state index contributed by atoms with van der Waals surface area (Å²) >= 11 is 0. The first-order chi connectivity index (χ1) is 6.27. The second-order valence-corrected chi connectivity index (χ2v) is 2.58. The van der Waals surface area contributed by atoms with Crippen molar-refractivity contribution < 1.29 is 0 Å². The molecule has 1 aromatic carbocycles. The molecule has 0 amide bonds. The standard InChI is InChI=1S/C10H11N3/c1-2-5-13-9-4-3-8(7-11)10(12)6-9/h2-4,6,13H,1,5,12H2. The number of nitrogens with zero attached hydrogens (tertiary/aromatic N) is 1. The lowest BCUT2D eigenvalue weighted by molar-refractivity contribution is 1.34. The zero-order chi connectivity index (χ0) is 9.68. The van der Waals surface area contributed by atoms with E-state index < -0.39 is 0 Å². The van der Waals surface area contributed by atoms with Crippen molar-refractivity contribution in [3.63, 3.8) is 0 Å². The van der Waals surface area contributed by atoms with Gasteiger partial charge in [0.15, 0.2) is 0 Å². The minimum Gasteiger partial charge on any atom is -0.398 e. The molecule has 0 aromatic heterocycles. The van der Waals surface area contributed by atoms with Crippen molar-refractivity contribution in [3.05, 3.63) is 36.4 Å². The van der Waals surface area contributed by atoms with Gasteiger partial charge in [0.05, 0.1) is 11.3 Å². The zero-order valence-corrected chi connectivity index (χ0v) is 7.25. The number of benzene rings is 1. The lowest BCUT2D eigenvalue weighted by atomic mass is 10.2. The molecule has 0 spiro atoms. The topological polar surface area (TPSA) is 61.8 Å². The minimum atomic E-state index is 0.497. The first kappa shape index (κ1) is 9.14. The molecule has 0 unspecified atom stereocenters. The summed E-state index contributed by atoms with van der Waals surface area (Å²) in [6, 6.07) is 7.26. The monoisotopic (exact) mass is 173 g/mol. The molecular weight excluding hydrogens is 162 g/mol. The minimum absolute atomic E-state index is 0.497. The van der Waals surface area contributed by atoms with Crippen molar-refractivity contribution >= 4 is 11.4 Å². The first-order valence-electron chi connectivity index (χ1n) is 3.92. The van der Waals surface area contributed by atoms with E-state index in [0.717, 1.165) is 5.69 Å². The van der Waals surface area contributed by atoms with Crippen molar-refractivity contribution in [1.29, 1.82) is 5.26 Å². The lowest BCUT2D eigenvalue weighted by Crippen LogP contribution is -1.99. The molecule has 0 bridgehead atoms. The third-order valence-corrected chi connectivity index (χ3v) is 1.62. The van der Waals surface area contributed by atoms with Gasteiger partial charge in [0.1, 0.15) is 6.07 Å². The first-order valence-corrected chi connectivity index (χ1v) is 3.92. The van der Waals surface area contributed by atoms with Crippen LogP contribution in [-0.2, 0) is 0 Å². The highest BCUT2D eigenvalue weighted by molar-refractivity contribution is 5.62. The van der Waals surface area contributed by atoms with Crippen LogP contribution in [0.5, 0.6) is 0 Å². The number of rotatable bonds is 3. The van der Waals surface area contributed by atoms with Gasteiger partial charge < -0.3 is 11.1 Å². The van der Waals surface area contributed by atoms with Gasteiger partial charge in [-0.1, -0.05) is 6.08 Å². The Morgan fingerprint density at radius 2 is 2.38 bits per heavy atom. The van der Waals surface area contributed by atoms with Crippen molar-refractivity contribution in [1.82, 2.24) is 0 Å². The number of nitriles is 1. The van der Waals surface area contributed by atoms with Gasteiger partial charge in [-0.25, -0.2) is 0 Å². The van der Waals surface area contributed by atoms with E-state index in [1.54, 1.807) is 18.2 Å². The molecule has 0 saturated heterocycles. The third-order valence-electron chi connectivity index (χ3n) is 1.62. The van der Waals surface area contributed by atoms with Crippen LogP contribution < -0.4 is 11.1 Å². The number of anilines is 2. The Balaban J connectivity index is 2.84. The Bertz CT molecular complexity index is 350. The van der Waals surface area contributed by atoms with Crippen LogP contribution in [0.2, 0.25) is 0 Å². The molecular formula is C10H11N3. The molecule has 3 nitrogen and oxygen atoms in total. The Morgan fingerprint density at radius 3 is 2.92 bits per heavy atom. The maximum atomic E-state index is 8.62. The summed E-state index contributed by atoms with van der Waals surface area (Å²) < 4.78 is 0. The molecule has 0 aliphatic heterocycles. The van der Waals surface area contributed by atoms with E-state index in [1.807, 2.05) is 12.1 Å². The van der Waals surface area contributed by atoms with E-state index in [2.05, 4.69) is 11.9 Å². The second-order valence-electron chi connectivity index (χ2n) is 2.58. The van der Waals surface area contributed by atoms with Crippen LogP contribution >= 0.6 is 0 Å². The predicted molar refractivity (Wildman–Crippen MR) is 54.3 cm³/mol. The van der Waals surface area contributed by atoms with E-state index in [0.29, 0.717) is 17.8 Å². The van der Waals surface area contributed by atoms with E-state index in [1.165, 1.54) is 0 Å². The van der Waals surface area contributed by atoms with Gasteiger partial charge >= 0.3 is 0 Å². The Labute approximate surface area is 77.5 Å². The van der Waals surface area contributed by atoms with E-state index >= 15 is 0 Å². The van der Waals surface area contributed by atoms with Crippen molar-refractivity contribution in [2.45, 2.75) is 0 Å².